The van der Waals surface area contributed by atoms with E-state index in [9.17, 15) is 13.2 Å². The fourth-order valence-electron chi connectivity index (χ4n) is 3.11. The molecule has 2 aromatic rings. The van der Waals surface area contributed by atoms with E-state index in [1.165, 1.54) is 8.99 Å². The number of aromatic nitrogens is 2. The van der Waals surface area contributed by atoms with Gasteiger partial charge in [0.1, 0.15) is 6.04 Å². The van der Waals surface area contributed by atoms with E-state index in [-0.39, 0.29) is 10.8 Å². The molecule has 1 aromatic carbocycles. The van der Waals surface area contributed by atoms with Crippen LogP contribution in [-0.4, -0.2) is 41.0 Å². The molecular formula is C17H21N3O3S. The Morgan fingerprint density at radius 2 is 1.83 bits per heavy atom. The first-order chi connectivity index (χ1) is 11.3. The summed E-state index contributed by atoms with van der Waals surface area (Å²) >= 11 is 0. The monoisotopic (exact) mass is 347 g/mol. The Kier molecular flexibility index (Phi) is 4.31. The number of benzene rings is 1. The van der Waals surface area contributed by atoms with Crippen LogP contribution in [0.2, 0.25) is 0 Å². The van der Waals surface area contributed by atoms with Crippen LogP contribution < -0.4 is 0 Å². The first-order valence-electron chi connectivity index (χ1n) is 7.97. The first-order valence-corrected chi connectivity index (χ1v) is 9.41. The van der Waals surface area contributed by atoms with Gasteiger partial charge < -0.3 is 0 Å². The molecule has 1 aromatic heterocycles. The molecular weight excluding hydrogens is 326 g/mol. The summed E-state index contributed by atoms with van der Waals surface area (Å²) < 4.78 is 28.5. The minimum atomic E-state index is -3.69. The molecule has 3 rings (SSSR count). The highest BCUT2D eigenvalue weighted by Gasteiger charge is 2.40. The van der Waals surface area contributed by atoms with Gasteiger partial charge in [0, 0.05) is 12.2 Å². The molecule has 6 nitrogen and oxygen atoms in total. The van der Waals surface area contributed by atoms with E-state index in [0.29, 0.717) is 19.4 Å². The van der Waals surface area contributed by atoms with Crippen LogP contribution in [0.25, 0.3) is 0 Å². The normalized spacial score (nSPS) is 18.9. The van der Waals surface area contributed by atoms with Gasteiger partial charge in [0.2, 0.25) is 10.0 Å². The molecule has 0 amide bonds. The molecule has 1 atom stereocenters. The van der Waals surface area contributed by atoms with E-state index >= 15 is 0 Å². The molecule has 0 bridgehead atoms. The van der Waals surface area contributed by atoms with E-state index < -0.39 is 16.1 Å². The molecule has 0 aliphatic carbocycles. The molecule has 0 saturated carbocycles. The zero-order valence-corrected chi connectivity index (χ0v) is 14.9. The zero-order valence-electron chi connectivity index (χ0n) is 14.1. The fourth-order valence-corrected chi connectivity index (χ4v) is 4.76. The maximum atomic E-state index is 12.9. The van der Waals surface area contributed by atoms with Gasteiger partial charge in [0.25, 0.3) is 5.91 Å². The Labute approximate surface area is 142 Å². The largest absolute Gasteiger partial charge is 0.271 e. The van der Waals surface area contributed by atoms with E-state index in [1.807, 2.05) is 19.9 Å². The van der Waals surface area contributed by atoms with Crippen molar-refractivity contribution in [1.29, 1.82) is 0 Å². The highest BCUT2D eigenvalue weighted by molar-refractivity contribution is 7.89. The van der Waals surface area contributed by atoms with Crippen molar-refractivity contribution >= 4 is 15.9 Å². The van der Waals surface area contributed by atoms with Gasteiger partial charge in [-0.3, -0.25) is 4.79 Å². The van der Waals surface area contributed by atoms with Crippen LogP contribution in [0.15, 0.2) is 35.2 Å². The molecule has 2 heterocycles. The van der Waals surface area contributed by atoms with Gasteiger partial charge in [0.15, 0.2) is 0 Å². The predicted octanol–water partition coefficient (Wildman–Crippen LogP) is 2.30. The number of nitrogens with zero attached hydrogens (tertiary/aromatic N) is 3. The minimum absolute atomic E-state index is 0.223. The van der Waals surface area contributed by atoms with Crippen LogP contribution >= 0.6 is 0 Å². The molecule has 1 saturated heterocycles. The van der Waals surface area contributed by atoms with E-state index in [0.717, 1.165) is 17.0 Å². The summed E-state index contributed by atoms with van der Waals surface area (Å²) in [6.45, 7) is 5.87. The predicted molar refractivity (Wildman–Crippen MR) is 90.4 cm³/mol. The summed E-state index contributed by atoms with van der Waals surface area (Å²) in [5.41, 5.74) is 2.45. The molecule has 128 valence electrons. The molecule has 7 heteroatoms. The standard InChI is InChI=1S/C17H21N3O3S/c1-12-6-8-15(9-7-12)24(22,23)19-10-4-5-16(19)17(21)20-14(3)11-13(2)18-20/h6-9,11,16H,4-5,10H2,1-3H3/t16-/m1/s1. The average Bonchev–Trinajstić information content (AvgIpc) is 3.14. The van der Waals surface area contributed by atoms with Crippen molar-refractivity contribution in [3.8, 4) is 0 Å². The first kappa shape index (κ1) is 16.9. The van der Waals surface area contributed by atoms with Crippen molar-refractivity contribution in [2.24, 2.45) is 0 Å². The van der Waals surface area contributed by atoms with Gasteiger partial charge in [-0.25, -0.2) is 13.1 Å². The number of hydrogen-bond donors (Lipinski definition) is 0. The number of rotatable bonds is 3. The van der Waals surface area contributed by atoms with Gasteiger partial charge >= 0.3 is 0 Å². The molecule has 0 spiro atoms. The van der Waals surface area contributed by atoms with Gasteiger partial charge in [-0.1, -0.05) is 17.7 Å². The SMILES string of the molecule is Cc1ccc(S(=O)(=O)N2CCC[C@@H]2C(=O)n2nc(C)cc2C)cc1. The zero-order chi connectivity index (χ0) is 17.5. The Balaban J connectivity index is 1.94. The maximum Gasteiger partial charge on any atom is 0.265 e. The number of hydrogen-bond acceptors (Lipinski definition) is 4. The van der Waals surface area contributed by atoms with Crippen LogP contribution in [0.3, 0.4) is 0 Å². The average molecular weight is 347 g/mol. The van der Waals surface area contributed by atoms with Crippen molar-refractivity contribution in [1.82, 2.24) is 14.1 Å². The molecule has 0 unspecified atom stereocenters. The van der Waals surface area contributed by atoms with Crippen LogP contribution in [0.4, 0.5) is 0 Å². The minimum Gasteiger partial charge on any atom is -0.271 e. The molecule has 24 heavy (non-hydrogen) atoms. The second-order valence-electron chi connectivity index (χ2n) is 6.26. The molecule has 1 fully saturated rings. The van der Waals surface area contributed by atoms with Gasteiger partial charge in [-0.2, -0.15) is 9.40 Å². The van der Waals surface area contributed by atoms with E-state index in [1.54, 1.807) is 31.2 Å². The Morgan fingerprint density at radius 3 is 2.42 bits per heavy atom. The lowest BCUT2D eigenvalue weighted by atomic mass is 10.2. The number of sulfonamides is 1. The molecule has 0 N–H and O–H groups in total. The van der Waals surface area contributed by atoms with Crippen molar-refractivity contribution < 1.29 is 13.2 Å². The topological polar surface area (TPSA) is 72.3 Å². The summed E-state index contributed by atoms with van der Waals surface area (Å²) in [5, 5.41) is 4.20. The van der Waals surface area contributed by atoms with Gasteiger partial charge in [-0.05, 0) is 51.8 Å². The third kappa shape index (κ3) is 2.89. The van der Waals surface area contributed by atoms with Crippen molar-refractivity contribution in [3.63, 3.8) is 0 Å². The Hall–Kier alpha value is -1.99. The fraction of sp³-hybridized carbons (Fsp3) is 0.412. The summed E-state index contributed by atoms with van der Waals surface area (Å²) in [7, 11) is -3.69. The number of carbonyl (C=O) groups is 1. The second kappa shape index (κ2) is 6.14. The Morgan fingerprint density at radius 1 is 1.17 bits per heavy atom. The van der Waals surface area contributed by atoms with E-state index in [2.05, 4.69) is 5.10 Å². The summed E-state index contributed by atoms with van der Waals surface area (Å²) in [6, 6.07) is 7.82. The number of aryl methyl sites for hydroxylation is 3. The summed E-state index contributed by atoms with van der Waals surface area (Å²) in [4.78, 5) is 13.0. The van der Waals surface area contributed by atoms with Gasteiger partial charge in [0.05, 0.1) is 10.6 Å². The van der Waals surface area contributed by atoms with Crippen LogP contribution in [-0.2, 0) is 10.0 Å². The van der Waals surface area contributed by atoms with Crippen LogP contribution in [0.1, 0.15) is 34.6 Å². The lowest BCUT2D eigenvalue weighted by Crippen LogP contribution is -2.43. The van der Waals surface area contributed by atoms with Crippen molar-refractivity contribution in [3.05, 3.63) is 47.3 Å². The lowest BCUT2D eigenvalue weighted by Gasteiger charge is -2.23. The van der Waals surface area contributed by atoms with Crippen LogP contribution in [0, 0.1) is 20.8 Å². The number of carbonyl (C=O) groups excluding carboxylic acids is 1. The molecule has 1 aliphatic heterocycles. The van der Waals surface area contributed by atoms with E-state index in [4.69, 9.17) is 0 Å². The van der Waals surface area contributed by atoms with Crippen LogP contribution in [0.5, 0.6) is 0 Å². The quantitative estimate of drug-likeness (QED) is 0.854. The molecule has 0 radical (unpaired) electrons. The Bertz CT molecular complexity index is 869. The van der Waals surface area contributed by atoms with Gasteiger partial charge in [-0.15, -0.1) is 0 Å². The van der Waals surface area contributed by atoms with Crippen molar-refractivity contribution in [2.75, 3.05) is 6.54 Å². The third-order valence-electron chi connectivity index (χ3n) is 4.33. The third-order valence-corrected chi connectivity index (χ3v) is 6.26. The van der Waals surface area contributed by atoms with Crippen molar-refractivity contribution in [2.45, 2.75) is 44.6 Å². The summed E-state index contributed by atoms with van der Waals surface area (Å²) in [6.07, 6.45) is 1.18. The molecule has 1 aliphatic rings. The highest BCUT2D eigenvalue weighted by Crippen LogP contribution is 2.27. The smallest absolute Gasteiger partial charge is 0.265 e. The summed E-state index contributed by atoms with van der Waals surface area (Å²) in [5.74, 6) is -0.284. The lowest BCUT2D eigenvalue weighted by molar-refractivity contribution is 0.0813. The second-order valence-corrected chi connectivity index (χ2v) is 8.15. The maximum absolute atomic E-state index is 12.9. The highest BCUT2D eigenvalue weighted by atomic mass is 32.2.